The Morgan fingerprint density at radius 3 is 1.50 bits per heavy atom. The van der Waals surface area contributed by atoms with Gasteiger partial charge in [-0.1, -0.05) is 237 Å². The number of para-hydroxylation sites is 3. The SMILES string of the molecule is CC(C)c1cccc(C(C)C)c1N.CN(C)c1ccccc1.Cc1cccc(-c2nnc(-c3ccccc3C)n2-c2c(C(C)C)cccc2C(C)C)c1.Cc1ccccc1/C(Cl)=N/N=C(\Cl)c1cccc(S(F)(F)(F)(F)F)c1. The van der Waals surface area contributed by atoms with Gasteiger partial charge in [0.25, 0.3) is 0 Å². The van der Waals surface area contributed by atoms with E-state index < -0.39 is 20.3 Å². The summed E-state index contributed by atoms with van der Waals surface area (Å²) in [5.74, 6) is 3.57. The Hall–Kier alpha value is -6.80. The Morgan fingerprint density at radius 2 is 1.00 bits per heavy atom. The molecule has 0 amide bonds. The number of nitrogens with two attached hydrogens (primary N) is 1. The van der Waals surface area contributed by atoms with E-state index in [0.717, 1.165) is 46.2 Å². The Labute approximate surface area is 468 Å². The number of benzene rings is 7. The first-order valence-electron chi connectivity index (χ1n) is 25.7. The predicted molar refractivity (Wildman–Crippen MR) is 323 cm³/mol. The van der Waals surface area contributed by atoms with Crippen LogP contribution in [0.2, 0.25) is 0 Å². The smallest absolute Gasteiger partial charge is 0.310 e. The van der Waals surface area contributed by atoms with E-state index in [1.54, 1.807) is 31.2 Å². The van der Waals surface area contributed by atoms with Crippen LogP contribution in [0, 0.1) is 20.8 Å². The zero-order valence-corrected chi connectivity index (χ0v) is 49.0. The van der Waals surface area contributed by atoms with E-state index in [1.807, 2.05) is 32.3 Å². The molecule has 0 radical (unpaired) electrons. The third-order valence-corrected chi connectivity index (χ3v) is 14.4. The second-order valence-electron chi connectivity index (χ2n) is 20.4. The van der Waals surface area contributed by atoms with E-state index in [4.69, 9.17) is 39.1 Å². The van der Waals surface area contributed by atoms with Crippen LogP contribution >= 0.6 is 33.4 Å². The molecule has 0 unspecified atom stereocenters. The first-order valence-corrected chi connectivity index (χ1v) is 28.4. The minimum Gasteiger partial charge on any atom is -0.398 e. The van der Waals surface area contributed by atoms with E-state index in [0.29, 0.717) is 29.2 Å². The van der Waals surface area contributed by atoms with Gasteiger partial charge in [-0.25, -0.2) is 0 Å². The molecule has 1 heterocycles. The van der Waals surface area contributed by atoms with Crippen LogP contribution in [0.15, 0.2) is 179 Å². The van der Waals surface area contributed by atoms with Gasteiger partial charge in [0, 0.05) is 47.7 Å². The molecular formula is C63H72Cl2F5N7S. The molecule has 0 bridgehead atoms. The first-order chi connectivity index (χ1) is 36.5. The number of aromatic nitrogens is 3. The van der Waals surface area contributed by atoms with Gasteiger partial charge in [0.05, 0.1) is 5.69 Å². The van der Waals surface area contributed by atoms with E-state index >= 15 is 0 Å². The average Bonchev–Trinajstić information content (AvgIpc) is 4.01. The number of hydrogen-bond acceptors (Lipinski definition) is 6. The summed E-state index contributed by atoms with van der Waals surface area (Å²) in [5.41, 5.74) is 20.3. The molecule has 0 aliphatic heterocycles. The highest BCUT2D eigenvalue weighted by atomic mass is 35.5. The van der Waals surface area contributed by atoms with Gasteiger partial charge in [-0.3, -0.25) is 4.57 Å². The topological polar surface area (TPSA) is 84.7 Å². The lowest BCUT2D eigenvalue weighted by atomic mass is 9.92. The summed E-state index contributed by atoms with van der Waals surface area (Å²) in [5, 5.41) is 16.1. The van der Waals surface area contributed by atoms with Crippen LogP contribution in [0.25, 0.3) is 28.5 Å². The first kappa shape index (κ1) is 62.0. The van der Waals surface area contributed by atoms with Crippen LogP contribution in [-0.2, 0) is 0 Å². The molecule has 0 saturated carbocycles. The minimum absolute atomic E-state index is 0.0416. The third-order valence-electron chi connectivity index (χ3n) is 12.7. The molecule has 414 valence electrons. The van der Waals surface area contributed by atoms with Crippen molar-refractivity contribution in [3.8, 4) is 28.5 Å². The van der Waals surface area contributed by atoms with E-state index in [1.165, 1.54) is 44.8 Å². The van der Waals surface area contributed by atoms with Crippen molar-refractivity contribution in [1.82, 2.24) is 14.8 Å². The van der Waals surface area contributed by atoms with Crippen molar-refractivity contribution < 1.29 is 19.4 Å². The molecule has 8 aromatic rings. The standard InChI is InChI=1S/C28H31N3.C15H11Cl2F5N2S.C12H19N.C8H11N/c1-18(2)23-15-10-16-24(19(3)4)26(23)31-27(22-13-9-11-20(5)17-22)29-30-28(31)25-14-8-7-12-21(25)6;1-10-5-2-3-8-13(10)15(17)24-23-14(16)11-6-4-7-12(9-11)25(18,19,20,21)22;1-8(2)10-6-5-7-11(9(3)4)12(10)13;1-9(2)8-6-4-3-5-7-8/h7-19H,1-6H3;2-9H,1H3;5-9H,13H2,1-4H3;3-7H,1-2H3/b;23-14-,24-15-;;. The molecule has 0 atom stereocenters. The second-order valence-corrected chi connectivity index (χ2v) is 23.6. The summed E-state index contributed by atoms with van der Waals surface area (Å²) >= 11 is 11.8. The summed E-state index contributed by atoms with van der Waals surface area (Å²) in [6.07, 6.45) is 0. The van der Waals surface area contributed by atoms with Crippen LogP contribution in [0.5, 0.6) is 0 Å². The molecule has 7 nitrogen and oxygen atoms in total. The Balaban J connectivity index is 0.000000211. The summed E-state index contributed by atoms with van der Waals surface area (Å²) in [6.45, 7) is 23.8. The summed E-state index contributed by atoms with van der Waals surface area (Å²) < 4.78 is 66.5. The molecule has 8 rings (SSSR count). The molecule has 7 aromatic carbocycles. The van der Waals surface area contributed by atoms with Crippen molar-refractivity contribution in [1.29, 1.82) is 0 Å². The van der Waals surface area contributed by atoms with Gasteiger partial charge in [-0.05, 0) is 108 Å². The number of rotatable bonds is 12. The molecule has 0 saturated heterocycles. The molecule has 78 heavy (non-hydrogen) atoms. The van der Waals surface area contributed by atoms with Crippen molar-refractivity contribution >= 4 is 55.1 Å². The number of nitrogens with zero attached hydrogens (tertiary/aromatic N) is 6. The van der Waals surface area contributed by atoms with Crippen LogP contribution in [0.4, 0.5) is 30.8 Å². The highest BCUT2D eigenvalue weighted by Gasteiger charge is 2.65. The molecule has 2 N–H and O–H groups in total. The average molecular weight is 1130 g/mol. The third kappa shape index (κ3) is 16.6. The predicted octanol–water partition coefficient (Wildman–Crippen LogP) is 20.0. The highest BCUT2D eigenvalue weighted by Crippen LogP contribution is 3.02. The normalized spacial score (nSPS) is 12.7. The van der Waals surface area contributed by atoms with Gasteiger partial charge in [-0.2, -0.15) is 0 Å². The molecule has 1 aromatic heterocycles. The fourth-order valence-electron chi connectivity index (χ4n) is 8.44. The molecule has 15 heteroatoms. The molecule has 0 aliphatic rings. The van der Waals surface area contributed by atoms with Crippen LogP contribution in [0.1, 0.15) is 129 Å². The largest absolute Gasteiger partial charge is 0.398 e. The summed E-state index contributed by atoms with van der Waals surface area (Å²) in [6, 6.07) is 49.6. The van der Waals surface area contributed by atoms with E-state index in [-0.39, 0.29) is 22.9 Å². The van der Waals surface area contributed by atoms with Gasteiger partial charge >= 0.3 is 10.2 Å². The number of halogens is 7. The minimum atomic E-state index is -9.80. The monoisotopic (exact) mass is 1120 g/mol. The van der Waals surface area contributed by atoms with Gasteiger partial charge in [0.1, 0.15) is 4.90 Å². The van der Waals surface area contributed by atoms with Crippen molar-refractivity contribution in [3.05, 3.63) is 214 Å². The molecule has 0 spiro atoms. The van der Waals surface area contributed by atoms with Gasteiger partial charge in [0.2, 0.25) is 0 Å². The fourth-order valence-corrected chi connectivity index (χ4v) is 9.53. The summed E-state index contributed by atoms with van der Waals surface area (Å²) in [4.78, 5) is 0.0276. The number of aryl methyl sites for hydroxylation is 3. The highest BCUT2D eigenvalue weighted by molar-refractivity contribution is 8.45. The zero-order chi connectivity index (χ0) is 57.8. The van der Waals surface area contributed by atoms with Gasteiger partial charge < -0.3 is 10.6 Å². The lowest BCUT2D eigenvalue weighted by Gasteiger charge is -2.40. The quantitative estimate of drug-likeness (QED) is 0.0572. The number of hydrogen-bond donors (Lipinski definition) is 1. The van der Waals surface area contributed by atoms with E-state index in [9.17, 15) is 19.4 Å². The van der Waals surface area contributed by atoms with Crippen LogP contribution < -0.4 is 10.6 Å². The Bertz CT molecular complexity index is 3300. The number of nitrogen functional groups attached to an aromatic ring is 1. The van der Waals surface area contributed by atoms with Gasteiger partial charge in [-0.15, -0.1) is 20.4 Å². The zero-order valence-electron chi connectivity index (χ0n) is 46.7. The Morgan fingerprint density at radius 1 is 0.526 bits per heavy atom. The molecule has 0 aliphatic carbocycles. The van der Waals surface area contributed by atoms with Gasteiger partial charge in [0.15, 0.2) is 22.0 Å². The van der Waals surface area contributed by atoms with Crippen LogP contribution in [-0.4, -0.2) is 39.2 Å². The second kappa shape index (κ2) is 25.8. The maximum absolute atomic E-state index is 12.8. The van der Waals surface area contributed by atoms with Crippen molar-refractivity contribution in [2.24, 2.45) is 10.2 Å². The van der Waals surface area contributed by atoms with Crippen LogP contribution in [0.3, 0.4) is 0 Å². The fraction of sp³-hybridized carbons (Fsp3) is 0.270. The Kier molecular flexibility index (Phi) is 20.5. The van der Waals surface area contributed by atoms with Crippen molar-refractivity contribution in [2.45, 2.75) is 105 Å². The van der Waals surface area contributed by atoms with E-state index in [2.05, 4.69) is 186 Å². The van der Waals surface area contributed by atoms with Crippen molar-refractivity contribution in [2.75, 3.05) is 24.7 Å². The molecular weight excluding hydrogens is 1050 g/mol. The maximum atomic E-state index is 12.8. The summed E-state index contributed by atoms with van der Waals surface area (Å²) in [7, 11) is -5.73. The lowest BCUT2D eigenvalue weighted by molar-refractivity contribution is 0.364. The molecule has 0 fully saturated rings. The van der Waals surface area contributed by atoms with Crippen molar-refractivity contribution in [3.63, 3.8) is 0 Å². The number of anilines is 2. The lowest BCUT2D eigenvalue weighted by Crippen LogP contribution is -2.10. The maximum Gasteiger partial charge on any atom is 0.310 e.